The molecule has 0 saturated heterocycles. The van der Waals surface area contributed by atoms with Crippen molar-refractivity contribution in [3.05, 3.63) is 23.8 Å². The molecule has 7 N–H and O–H groups in total. The largest absolute Gasteiger partial charge is 0.493 e. The fraction of sp³-hybridized carbons (Fsp3) is 0.767. The van der Waals surface area contributed by atoms with E-state index < -0.39 is 29.7 Å². The van der Waals surface area contributed by atoms with Crippen LogP contribution in [-0.4, -0.2) is 68.5 Å². The Balaban J connectivity index is 2.86. The molecule has 1 unspecified atom stereocenters. The van der Waals surface area contributed by atoms with Gasteiger partial charge in [0.05, 0.1) is 19.8 Å². The number of amides is 1. The Morgan fingerprint density at radius 3 is 2.21 bits per heavy atom. The summed E-state index contributed by atoms with van der Waals surface area (Å²) in [5, 5.41) is 23.7. The minimum atomic E-state index is -1.05. The van der Waals surface area contributed by atoms with E-state index in [1.54, 1.807) is 28.1 Å². The first kappa shape index (κ1) is 35.1. The highest BCUT2D eigenvalue weighted by atomic mass is 16.5. The van der Waals surface area contributed by atoms with Crippen LogP contribution in [-0.2, 0) is 16.0 Å². The van der Waals surface area contributed by atoms with Gasteiger partial charge in [-0.05, 0) is 54.7 Å². The number of benzene rings is 1. The summed E-state index contributed by atoms with van der Waals surface area (Å²) in [4.78, 5) is 13.0. The van der Waals surface area contributed by atoms with Gasteiger partial charge in [0.1, 0.15) is 6.23 Å². The molecule has 0 spiro atoms. The molecule has 1 rings (SSSR count). The van der Waals surface area contributed by atoms with Crippen molar-refractivity contribution in [2.45, 2.75) is 85.6 Å². The van der Waals surface area contributed by atoms with E-state index in [0.29, 0.717) is 37.1 Å². The number of hydrogen-bond acceptors (Lipinski definition) is 8. The number of hydrogen-bond donors (Lipinski definition) is 5. The smallest absolute Gasteiger partial charge is 0.223 e. The number of aliphatic hydroxyl groups excluding tert-OH is 2. The monoisotopic (exact) mass is 553 g/mol. The van der Waals surface area contributed by atoms with E-state index >= 15 is 0 Å². The van der Waals surface area contributed by atoms with Gasteiger partial charge in [-0.2, -0.15) is 0 Å². The van der Waals surface area contributed by atoms with E-state index in [1.807, 2.05) is 32.0 Å². The maximum atomic E-state index is 13.0. The minimum absolute atomic E-state index is 0.0141. The van der Waals surface area contributed by atoms with Crippen LogP contribution in [0.1, 0.15) is 66.4 Å². The van der Waals surface area contributed by atoms with Crippen LogP contribution in [0.15, 0.2) is 18.2 Å². The molecule has 0 aromatic heterocycles. The highest BCUT2D eigenvalue weighted by Gasteiger charge is 2.32. The van der Waals surface area contributed by atoms with Gasteiger partial charge in [-0.25, -0.2) is 0 Å². The van der Waals surface area contributed by atoms with Crippen molar-refractivity contribution in [3.8, 4) is 11.5 Å². The third-order valence-corrected chi connectivity index (χ3v) is 7.64. The average molecular weight is 554 g/mol. The molecular weight excluding hydrogens is 498 g/mol. The van der Waals surface area contributed by atoms with E-state index in [4.69, 9.17) is 25.7 Å². The summed E-state index contributed by atoms with van der Waals surface area (Å²) in [5.41, 5.74) is 12.6. The maximum Gasteiger partial charge on any atom is 0.223 e. The summed E-state index contributed by atoms with van der Waals surface area (Å²) in [5.74, 6) is 1.39. The van der Waals surface area contributed by atoms with Crippen molar-refractivity contribution in [2.75, 3.05) is 34.0 Å². The Morgan fingerprint density at radius 2 is 1.67 bits per heavy atom. The molecule has 0 bridgehead atoms. The van der Waals surface area contributed by atoms with Crippen LogP contribution in [0.25, 0.3) is 0 Å². The fourth-order valence-electron chi connectivity index (χ4n) is 4.41. The second-order valence-corrected chi connectivity index (χ2v) is 12.1. The van der Waals surface area contributed by atoms with Gasteiger partial charge >= 0.3 is 0 Å². The van der Waals surface area contributed by atoms with Gasteiger partial charge in [0.2, 0.25) is 5.91 Å². The highest BCUT2D eigenvalue weighted by molar-refractivity contribution is 5.79. The minimum Gasteiger partial charge on any atom is -0.493 e. The Morgan fingerprint density at radius 1 is 1.00 bits per heavy atom. The molecule has 0 aliphatic carbocycles. The van der Waals surface area contributed by atoms with Crippen LogP contribution in [0.4, 0.5) is 0 Å². The van der Waals surface area contributed by atoms with Crippen molar-refractivity contribution >= 4 is 5.91 Å². The van der Waals surface area contributed by atoms with E-state index in [0.717, 1.165) is 18.4 Å². The first-order chi connectivity index (χ1) is 18.2. The van der Waals surface area contributed by atoms with Gasteiger partial charge in [-0.1, -0.05) is 47.6 Å². The van der Waals surface area contributed by atoms with Gasteiger partial charge in [-0.15, -0.1) is 0 Å². The lowest BCUT2D eigenvalue weighted by molar-refractivity contribution is -0.128. The number of carbonyl (C=O) groups excluding carboxylic acids is 1. The summed E-state index contributed by atoms with van der Waals surface area (Å²) in [6.45, 7) is 13.2. The Kier molecular flexibility index (Phi) is 15.3. The number of aliphatic hydroxyl groups is 2. The predicted octanol–water partition coefficient (Wildman–Crippen LogP) is 3.09. The summed E-state index contributed by atoms with van der Waals surface area (Å²) < 4.78 is 16.5. The topological polar surface area (TPSA) is 149 Å². The van der Waals surface area contributed by atoms with Gasteiger partial charge in [0.15, 0.2) is 11.5 Å². The molecule has 5 atom stereocenters. The zero-order chi connectivity index (χ0) is 29.8. The van der Waals surface area contributed by atoms with Gasteiger partial charge in [0, 0.05) is 44.1 Å². The Hall–Kier alpha value is -1.91. The number of methoxy groups -OCH3 is 2. The molecule has 0 aliphatic rings. The Bertz CT molecular complexity index is 846. The van der Waals surface area contributed by atoms with Crippen LogP contribution < -0.4 is 26.3 Å². The van der Waals surface area contributed by atoms with Crippen LogP contribution in [0.3, 0.4) is 0 Å². The number of rotatable bonds is 19. The molecule has 0 fully saturated rings. The summed E-state index contributed by atoms with van der Waals surface area (Å²) in [6, 6.07) is 5.50. The molecule has 1 amide bonds. The predicted molar refractivity (Wildman–Crippen MR) is 156 cm³/mol. The molecular formula is C30H55N3O6. The average Bonchev–Trinajstić information content (AvgIpc) is 2.87. The molecule has 1 aromatic carbocycles. The third kappa shape index (κ3) is 12.0. The zero-order valence-corrected chi connectivity index (χ0v) is 25.4. The van der Waals surface area contributed by atoms with Crippen LogP contribution >= 0.6 is 0 Å². The lowest BCUT2D eigenvalue weighted by Crippen LogP contribution is -2.48. The standard InChI is InChI=1S/C30H55N3O6/c1-19(2)22(14-21-10-11-26(38-8)27(15-21)39-13-9-12-37-7)16-24(31)25(34)17-23(20(3)4)28(35)33-18-30(5,6)29(32)36/h10-11,15,19-20,22-25,29,34,36H,9,12-14,16-18,31-32H2,1-8H3,(H,33,35)/t22-,23-,24+,25-,29?/m0/s1. The third-order valence-electron chi connectivity index (χ3n) is 7.64. The number of carbonyl (C=O) groups is 1. The lowest BCUT2D eigenvalue weighted by atomic mass is 9.80. The summed E-state index contributed by atoms with van der Waals surface area (Å²) in [6.07, 6.45) is 0.574. The summed E-state index contributed by atoms with van der Waals surface area (Å²) >= 11 is 0. The lowest BCUT2D eigenvalue weighted by Gasteiger charge is -2.31. The van der Waals surface area contributed by atoms with Gasteiger partial charge in [0.25, 0.3) is 0 Å². The molecule has 9 nitrogen and oxygen atoms in total. The van der Waals surface area contributed by atoms with Crippen LogP contribution in [0.2, 0.25) is 0 Å². The molecule has 9 heteroatoms. The van der Waals surface area contributed by atoms with Crippen LogP contribution in [0, 0.1) is 29.1 Å². The number of nitrogens with one attached hydrogen (secondary N) is 1. The quantitative estimate of drug-likeness (QED) is 0.130. The van der Waals surface area contributed by atoms with Crippen molar-refractivity contribution in [1.82, 2.24) is 5.32 Å². The van der Waals surface area contributed by atoms with Crippen molar-refractivity contribution in [1.29, 1.82) is 0 Å². The van der Waals surface area contributed by atoms with Crippen molar-refractivity contribution in [3.63, 3.8) is 0 Å². The molecule has 0 radical (unpaired) electrons. The maximum absolute atomic E-state index is 13.0. The van der Waals surface area contributed by atoms with Gasteiger partial charge in [-0.3, -0.25) is 4.79 Å². The molecule has 1 aromatic rings. The van der Waals surface area contributed by atoms with Crippen LogP contribution in [0.5, 0.6) is 11.5 Å². The highest BCUT2D eigenvalue weighted by Crippen LogP contribution is 2.32. The first-order valence-corrected chi connectivity index (χ1v) is 14.2. The number of nitrogens with two attached hydrogens (primary N) is 2. The zero-order valence-electron chi connectivity index (χ0n) is 25.4. The second-order valence-electron chi connectivity index (χ2n) is 12.1. The molecule has 0 aliphatic heterocycles. The first-order valence-electron chi connectivity index (χ1n) is 14.2. The Labute approximate surface area is 236 Å². The SMILES string of the molecule is COCCCOc1cc(C[C@@H](C[C@@H](N)[C@@H](O)C[C@H](C(=O)NCC(C)(C)C(N)O)C(C)C)C(C)C)ccc1OC. The van der Waals surface area contributed by atoms with E-state index in [1.165, 1.54) is 0 Å². The van der Waals surface area contributed by atoms with E-state index in [-0.39, 0.29) is 30.7 Å². The normalized spacial score (nSPS) is 16.1. The fourth-order valence-corrected chi connectivity index (χ4v) is 4.41. The molecule has 0 heterocycles. The van der Waals surface area contributed by atoms with E-state index in [9.17, 15) is 15.0 Å². The molecule has 39 heavy (non-hydrogen) atoms. The summed E-state index contributed by atoms with van der Waals surface area (Å²) in [7, 11) is 3.30. The van der Waals surface area contributed by atoms with Crippen molar-refractivity contribution in [2.24, 2.45) is 40.6 Å². The second kappa shape index (κ2) is 17.0. The van der Waals surface area contributed by atoms with E-state index in [2.05, 4.69) is 19.2 Å². The van der Waals surface area contributed by atoms with Gasteiger partial charge < -0.3 is 41.2 Å². The molecule has 0 saturated carbocycles. The van der Waals surface area contributed by atoms with Crippen molar-refractivity contribution < 1.29 is 29.2 Å². The number of ether oxygens (including phenoxy) is 3. The molecule has 226 valence electrons.